The van der Waals surface area contributed by atoms with Crippen LogP contribution in [0, 0.1) is 0 Å². The summed E-state index contributed by atoms with van der Waals surface area (Å²) in [5.74, 6) is -0.0704. The van der Waals surface area contributed by atoms with Crippen molar-refractivity contribution >= 4 is 29.2 Å². The van der Waals surface area contributed by atoms with E-state index in [-0.39, 0.29) is 30.8 Å². The Bertz CT molecular complexity index is 920. The van der Waals surface area contributed by atoms with E-state index in [2.05, 4.69) is 0 Å². The van der Waals surface area contributed by atoms with Crippen LogP contribution in [-0.4, -0.2) is 25.6 Å². The molecule has 0 spiro atoms. The largest absolute Gasteiger partial charge is 0.497 e. The highest BCUT2D eigenvalue weighted by molar-refractivity contribution is 6.31. The van der Waals surface area contributed by atoms with Crippen molar-refractivity contribution in [2.75, 3.05) is 18.6 Å². The molecule has 132 valence electrons. The number of amides is 1. The molecule has 0 saturated carbocycles. The number of ether oxygens (including phenoxy) is 2. The van der Waals surface area contributed by atoms with Crippen LogP contribution in [0.4, 0.5) is 5.69 Å². The van der Waals surface area contributed by atoms with Gasteiger partial charge in [0.25, 0.3) is 0 Å². The van der Waals surface area contributed by atoms with Gasteiger partial charge >= 0.3 is 5.97 Å². The fourth-order valence-electron chi connectivity index (χ4n) is 3.49. The number of hydrogen-bond donors (Lipinski definition) is 0. The number of benzene rings is 2. The molecule has 1 amide bonds. The Morgan fingerprint density at radius 3 is 2.62 bits per heavy atom. The number of nitrogens with zero attached hydrogens (tertiary/aromatic N) is 1. The van der Waals surface area contributed by atoms with Crippen LogP contribution in [0.25, 0.3) is 0 Å². The average molecular weight is 370 g/mol. The quantitative estimate of drug-likeness (QED) is 0.774. The zero-order valence-corrected chi connectivity index (χ0v) is 14.8. The van der Waals surface area contributed by atoms with Gasteiger partial charge in [-0.1, -0.05) is 29.8 Å². The molecule has 0 aromatic heterocycles. The van der Waals surface area contributed by atoms with Crippen molar-refractivity contribution in [2.24, 2.45) is 0 Å². The molecular weight excluding hydrogens is 354 g/mol. The van der Waals surface area contributed by atoms with Crippen LogP contribution in [0.1, 0.15) is 17.9 Å². The second kappa shape index (κ2) is 6.50. The van der Waals surface area contributed by atoms with E-state index in [0.29, 0.717) is 22.0 Å². The number of esters is 1. The summed E-state index contributed by atoms with van der Waals surface area (Å²) in [6.07, 6.45) is 0.187. The standard InChI is InChI=1S/C20H16ClNO4/c1-25-15-7-5-12(6-8-15)16-10-18(23)22(14-4-2-3-13(21)9-14)17-11-26-20(24)19(16)17/h2-9,16H,10-11H2,1H3/t16-/m1/s1. The number of rotatable bonds is 3. The molecule has 0 saturated heterocycles. The van der Waals surface area contributed by atoms with Gasteiger partial charge in [0.05, 0.1) is 24.1 Å². The van der Waals surface area contributed by atoms with Crippen molar-refractivity contribution in [2.45, 2.75) is 12.3 Å². The van der Waals surface area contributed by atoms with E-state index in [0.717, 1.165) is 11.3 Å². The average Bonchev–Trinajstić information content (AvgIpc) is 3.02. The van der Waals surface area contributed by atoms with E-state index >= 15 is 0 Å². The van der Waals surface area contributed by atoms with Gasteiger partial charge in [0.15, 0.2) is 0 Å². The van der Waals surface area contributed by atoms with Crippen molar-refractivity contribution in [1.82, 2.24) is 0 Å². The lowest BCUT2D eigenvalue weighted by molar-refractivity contribution is -0.136. The first-order valence-electron chi connectivity index (χ1n) is 8.21. The lowest BCUT2D eigenvalue weighted by Gasteiger charge is -2.32. The van der Waals surface area contributed by atoms with Crippen molar-refractivity contribution in [3.05, 3.63) is 70.4 Å². The van der Waals surface area contributed by atoms with E-state index in [1.165, 1.54) is 0 Å². The molecule has 2 aliphatic rings. The van der Waals surface area contributed by atoms with Gasteiger partial charge in [0, 0.05) is 17.4 Å². The SMILES string of the molecule is COc1ccc([C@H]2CC(=O)N(c3cccc(Cl)c3)C3=C2C(=O)OC3)cc1. The molecule has 2 aromatic carbocycles. The Hall–Kier alpha value is -2.79. The van der Waals surface area contributed by atoms with Crippen LogP contribution >= 0.6 is 11.6 Å². The van der Waals surface area contributed by atoms with Gasteiger partial charge in [0.1, 0.15) is 12.4 Å². The lowest BCUT2D eigenvalue weighted by Crippen LogP contribution is -2.37. The smallest absolute Gasteiger partial charge is 0.336 e. The summed E-state index contributed by atoms with van der Waals surface area (Å²) in [6, 6.07) is 14.4. The minimum Gasteiger partial charge on any atom is -0.497 e. The maximum atomic E-state index is 12.9. The molecule has 0 aliphatic carbocycles. The highest BCUT2D eigenvalue weighted by atomic mass is 35.5. The number of cyclic esters (lactones) is 1. The molecule has 2 aliphatic heterocycles. The summed E-state index contributed by atoms with van der Waals surface area (Å²) in [6.45, 7) is 0.0824. The van der Waals surface area contributed by atoms with E-state index in [9.17, 15) is 9.59 Å². The van der Waals surface area contributed by atoms with Gasteiger partial charge in [-0.05, 0) is 35.9 Å². The zero-order valence-electron chi connectivity index (χ0n) is 14.1. The maximum absolute atomic E-state index is 12.9. The Morgan fingerprint density at radius 1 is 1.15 bits per heavy atom. The third kappa shape index (κ3) is 2.74. The molecule has 0 unspecified atom stereocenters. The Kier molecular flexibility index (Phi) is 4.17. The number of halogens is 1. The van der Waals surface area contributed by atoms with Gasteiger partial charge in [0.2, 0.25) is 5.91 Å². The third-order valence-electron chi connectivity index (χ3n) is 4.70. The molecule has 5 nitrogen and oxygen atoms in total. The second-order valence-corrected chi connectivity index (χ2v) is 6.61. The highest BCUT2D eigenvalue weighted by Gasteiger charge is 2.42. The van der Waals surface area contributed by atoms with Crippen molar-refractivity contribution < 1.29 is 19.1 Å². The first-order chi connectivity index (χ1) is 12.6. The topological polar surface area (TPSA) is 55.8 Å². The number of carbonyl (C=O) groups excluding carboxylic acids is 2. The summed E-state index contributed by atoms with van der Waals surface area (Å²) in [7, 11) is 1.59. The lowest BCUT2D eigenvalue weighted by atomic mass is 9.84. The Labute approximate surface area is 155 Å². The van der Waals surface area contributed by atoms with E-state index in [1.807, 2.05) is 24.3 Å². The van der Waals surface area contributed by atoms with Crippen LogP contribution in [0.5, 0.6) is 5.75 Å². The molecule has 2 aromatic rings. The molecule has 0 bridgehead atoms. The first kappa shape index (κ1) is 16.7. The van der Waals surface area contributed by atoms with Crippen LogP contribution < -0.4 is 9.64 Å². The maximum Gasteiger partial charge on any atom is 0.336 e. The van der Waals surface area contributed by atoms with Crippen LogP contribution in [-0.2, 0) is 14.3 Å². The summed E-state index contributed by atoms with van der Waals surface area (Å²) in [4.78, 5) is 26.9. The van der Waals surface area contributed by atoms with Crippen LogP contribution in [0.2, 0.25) is 5.02 Å². The number of carbonyl (C=O) groups is 2. The van der Waals surface area contributed by atoms with Gasteiger partial charge in [-0.25, -0.2) is 4.79 Å². The van der Waals surface area contributed by atoms with Gasteiger partial charge in [-0.15, -0.1) is 0 Å². The van der Waals surface area contributed by atoms with Crippen molar-refractivity contribution in [3.63, 3.8) is 0 Å². The van der Waals surface area contributed by atoms with E-state index in [4.69, 9.17) is 21.1 Å². The highest BCUT2D eigenvalue weighted by Crippen LogP contribution is 2.42. The van der Waals surface area contributed by atoms with Gasteiger partial charge < -0.3 is 9.47 Å². The molecule has 0 radical (unpaired) electrons. The normalized spacial score (nSPS) is 19.5. The zero-order chi connectivity index (χ0) is 18.3. The predicted octanol–water partition coefficient (Wildman–Crippen LogP) is 3.68. The fourth-order valence-corrected chi connectivity index (χ4v) is 3.67. The molecule has 26 heavy (non-hydrogen) atoms. The number of anilines is 1. The minimum absolute atomic E-state index is 0.0824. The third-order valence-corrected chi connectivity index (χ3v) is 4.94. The second-order valence-electron chi connectivity index (χ2n) is 6.18. The van der Waals surface area contributed by atoms with Crippen molar-refractivity contribution in [1.29, 1.82) is 0 Å². The Morgan fingerprint density at radius 2 is 1.92 bits per heavy atom. The predicted molar refractivity (Wildman–Crippen MR) is 97.3 cm³/mol. The van der Waals surface area contributed by atoms with E-state index < -0.39 is 0 Å². The number of hydrogen-bond acceptors (Lipinski definition) is 4. The fraction of sp³-hybridized carbons (Fsp3) is 0.200. The summed E-state index contributed by atoms with van der Waals surface area (Å²) in [5, 5.41) is 0.528. The molecule has 2 heterocycles. The molecule has 6 heteroatoms. The van der Waals surface area contributed by atoms with E-state index in [1.54, 1.807) is 36.3 Å². The first-order valence-corrected chi connectivity index (χ1v) is 8.59. The molecule has 0 N–H and O–H groups in total. The summed E-state index contributed by atoms with van der Waals surface area (Å²) < 4.78 is 10.4. The molecule has 4 rings (SSSR count). The van der Waals surface area contributed by atoms with Crippen molar-refractivity contribution in [3.8, 4) is 5.75 Å². The monoisotopic (exact) mass is 369 g/mol. The van der Waals surface area contributed by atoms with Crippen LogP contribution in [0.15, 0.2) is 59.8 Å². The van der Waals surface area contributed by atoms with Gasteiger partial charge in [-0.2, -0.15) is 0 Å². The van der Waals surface area contributed by atoms with Crippen LogP contribution in [0.3, 0.4) is 0 Å². The summed E-state index contributed by atoms with van der Waals surface area (Å²) in [5.41, 5.74) is 2.65. The molecule has 1 atom stereocenters. The summed E-state index contributed by atoms with van der Waals surface area (Å²) >= 11 is 6.07. The Balaban J connectivity index is 1.80. The minimum atomic E-state index is -0.375. The molecular formula is C20H16ClNO4. The van der Waals surface area contributed by atoms with Gasteiger partial charge in [-0.3, -0.25) is 9.69 Å². The number of methoxy groups -OCH3 is 1. The molecule has 0 fully saturated rings.